The summed E-state index contributed by atoms with van der Waals surface area (Å²) in [5.41, 5.74) is -0.0605. The first-order valence-corrected chi connectivity index (χ1v) is 13.4. The van der Waals surface area contributed by atoms with Crippen LogP contribution in [0.5, 0.6) is 0 Å². The van der Waals surface area contributed by atoms with Crippen LogP contribution < -0.4 is 9.80 Å². The van der Waals surface area contributed by atoms with Crippen LogP contribution in [-0.4, -0.2) is 36.2 Å². The van der Waals surface area contributed by atoms with E-state index in [1.807, 2.05) is 0 Å². The van der Waals surface area contributed by atoms with E-state index in [2.05, 4.69) is 0 Å². The molecule has 2 saturated heterocycles. The maximum absolute atomic E-state index is 14.1. The molecule has 0 N–H and O–H groups in total. The Bertz CT molecular complexity index is 1410. The predicted molar refractivity (Wildman–Crippen MR) is 143 cm³/mol. The number of halogens is 2. The zero-order valence-corrected chi connectivity index (χ0v) is 22.8. The largest absolute Gasteiger partial charge is 0.463 e. The van der Waals surface area contributed by atoms with Crippen LogP contribution in [0.1, 0.15) is 20.8 Å². The number of hydrogen-bond donors (Lipinski definition) is 0. The molecular formula is C29H24Cl2N2O6. The number of rotatable bonds is 4. The summed E-state index contributed by atoms with van der Waals surface area (Å²) in [5.74, 6) is -7.33. The second-order valence-electron chi connectivity index (χ2n) is 10.6. The number of hydrogen-bond acceptors (Lipinski definition) is 6. The first-order valence-electron chi connectivity index (χ1n) is 12.7. The molecule has 2 heterocycles. The van der Waals surface area contributed by atoms with Gasteiger partial charge in [-0.2, -0.15) is 0 Å². The van der Waals surface area contributed by atoms with Gasteiger partial charge in [0.25, 0.3) is 0 Å². The van der Waals surface area contributed by atoms with E-state index in [0.717, 1.165) is 9.80 Å². The summed E-state index contributed by atoms with van der Waals surface area (Å²) in [6.45, 7) is 5.11. The van der Waals surface area contributed by atoms with Crippen LogP contribution in [0.4, 0.5) is 11.4 Å². The summed E-state index contributed by atoms with van der Waals surface area (Å²) in [6, 6.07) is 12.6. The Hall–Kier alpha value is -3.49. The minimum Gasteiger partial charge on any atom is -0.463 e. The van der Waals surface area contributed by atoms with Crippen LogP contribution in [0, 0.1) is 35.0 Å². The van der Waals surface area contributed by atoms with Crippen LogP contribution in [-0.2, 0) is 28.7 Å². The number of ether oxygens (including phenoxy) is 1. The topological polar surface area (TPSA) is 101 Å². The standard InChI is InChI=1S/C29H24Cl2N2O6/c1-4-39-28(38)21-13(2)18-19-22(26(36)32(24(19)34)16-9-5-14(30)6-10-16)29(21,3)23-20(18)25(35)33(27(23)37)17-11-7-15(31)8-12-17/h5-12,18-20,22-23H,4H2,1-3H3/t18?,19-,20-,22-,23+,29?/m1/s1. The Morgan fingerprint density at radius 1 is 0.769 bits per heavy atom. The third kappa shape index (κ3) is 3.28. The lowest BCUT2D eigenvalue weighted by Crippen LogP contribution is -2.61. The molecule has 3 aliphatic carbocycles. The average Bonchev–Trinajstić information content (AvgIpc) is 3.32. The van der Waals surface area contributed by atoms with Crippen molar-refractivity contribution in [2.45, 2.75) is 20.8 Å². The van der Waals surface area contributed by atoms with E-state index in [1.165, 1.54) is 0 Å². The number of esters is 1. The van der Waals surface area contributed by atoms with E-state index in [-0.39, 0.29) is 12.2 Å². The molecule has 4 amide bonds. The average molecular weight is 567 g/mol. The Morgan fingerprint density at radius 3 is 1.56 bits per heavy atom. The minimum absolute atomic E-state index is 0.0894. The molecule has 2 aromatic rings. The smallest absolute Gasteiger partial charge is 0.334 e. The molecule has 2 aromatic carbocycles. The van der Waals surface area contributed by atoms with Gasteiger partial charge in [0.05, 0.1) is 41.7 Å². The summed E-state index contributed by atoms with van der Waals surface area (Å²) in [5, 5.41) is 0.884. The first kappa shape index (κ1) is 25.8. The van der Waals surface area contributed by atoms with E-state index in [4.69, 9.17) is 27.9 Å². The van der Waals surface area contributed by atoms with E-state index in [0.29, 0.717) is 27.0 Å². The number of carbonyl (C=O) groups excluding carboxylic acids is 5. The molecule has 0 aromatic heterocycles. The van der Waals surface area contributed by atoms with Crippen molar-refractivity contribution >= 4 is 64.2 Å². The number of allylic oxidation sites excluding steroid dienone is 1. The van der Waals surface area contributed by atoms with Crippen molar-refractivity contribution in [3.63, 3.8) is 0 Å². The van der Waals surface area contributed by atoms with Crippen molar-refractivity contribution in [2.24, 2.45) is 35.0 Å². The molecule has 7 rings (SSSR count). The van der Waals surface area contributed by atoms with Gasteiger partial charge in [-0.15, -0.1) is 0 Å². The summed E-state index contributed by atoms with van der Waals surface area (Å²) in [6.07, 6.45) is 0. The van der Waals surface area contributed by atoms with Crippen molar-refractivity contribution in [2.75, 3.05) is 16.4 Å². The SMILES string of the molecule is CCOC(=O)C1=C(C)C2[C@H]3C(=O)N(c4ccc(Cl)cc4)C(=O)[C@H]3C1(C)[C@H]1C(=O)N(c3ccc(Cl)cc3)C(=O)[C@H]21. The van der Waals surface area contributed by atoms with Gasteiger partial charge in [0.1, 0.15) is 0 Å². The van der Waals surface area contributed by atoms with Crippen LogP contribution in [0.25, 0.3) is 0 Å². The third-order valence-electron chi connectivity index (χ3n) is 8.85. The molecule has 39 heavy (non-hydrogen) atoms. The molecule has 3 fully saturated rings. The van der Waals surface area contributed by atoms with Gasteiger partial charge >= 0.3 is 5.97 Å². The molecule has 2 aliphatic heterocycles. The molecule has 10 heteroatoms. The Balaban J connectivity index is 1.54. The molecule has 2 bridgehead atoms. The Kier molecular flexibility index (Phi) is 5.79. The summed E-state index contributed by atoms with van der Waals surface area (Å²) >= 11 is 12.1. The highest BCUT2D eigenvalue weighted by molar-refractivity contribution is 6.31. The molecule has 200 valence electrons. The maximum Gasteiger partial charge on any atom is 0.334 e. The van der Waals surface area contributed by atoms with Gasteiger partial charge in [0, 0.05) is 27.0 Å². The molecule has 0 radical (unpaired) electrons. The molecule has 1 saturated carbocycles. The second kappa shape index (κ2) is 8.76. The summed E-state index contributed by atoms with van der Waals surface area (Å²) in [4.78, 5) is 71.8. The van der Waals surface area contributed by atoms with E-state index in [1.54, 1.807) is 69.3 Å². The van der Waals surface area contributed by atoms with Gasteiger partial charge in [-0.25, -0.2) is 4.79 Å². The molecule has 8 nitrogen and oxygen atoms in total. The number of anilines is 2. The Morgan fingerprint density at radius 2 is 1.18 bits per heavy atom. The number of imide groups is 2. The number of amides is 4. The van der Waals surface area contributed by atoms with Crippen molar-refractivity contribution < 1.29 is 28.7 Å². The van der Waals surface area contributed by atoms with Gasteiger partial charge in [-0.05, 0) is 62.4 Å². The highest BCUT2D eigenvalue weighted by atomic mass is 35.5. The summed E-state index contributed by atoms with van der Waals surface area (Å²) < 4.78 is 5.39. The van der Waals surface area contributed by atoms with Gasteiger partial charge in [0.15, 0.2) is 0 Å². The fraction of sp³-hybridized carbons (Fsp3) is 0.345. The molecule has 0 spiro atoms. The molecule has 2 unspecified atom stereocenters. The van der Waals surface area contributed by atoms with Crippen LogP contribution in [0.3, 0.4) is 0 Å². The third-order valence-corrected chi connectivity index (χ3v) is 9.35. The van der Waals surface area contributed by atoms with Crippen LogP contribution >= 0.6 is 23.2 Å². The molecular weight excluding hydrogens is 543 g/mol. The second-order valence-corrected chi connectivity index (χ2v) is 11.4. The van der Waals surface area contributed by atoms with Crippen molar-refractivity contribution in [3.8, 4) is 0 Å². The fourth-order valence-electron chi connectivity index (χ4n) is 7.50. The van der Waals surface area contributed by atoms with Gasteiger partial charge in [0.2, 0.25) is 23.6 Å². The van der Waals surface area contributed by atoms with Crippen molar-refractivity contribution in [1.82, 2.24) is 0 Å². The fourth-order valence-corrected chi connectivity index (χ4v) is 7.75. The Labute approximate surface area is 234 Å². The molecule has 5 aliphatic rings. The number of nitrogens with zero attached hydrogens (tertiary/aromatic N) is 2. The van der Waals surface area contributed by atoms with E-state index in [9.17, 15) is 24.0 Å². The zero-order chi connectivity index (χ0) is 28.0. The van der Waals surface area contributed by atoms with E-state index >= 15 is 0 Å². The molecule has 6 atom stereocenters. The van der Waals surface area contributed by atoms with Gasteiger partial charge in [-0.1, -0.05) is 35.7 Å². The maximum atomic E-state index is 14.1. The number of carbonyl (C=O) groups is 5. The lowest BCUT2D eigenvalue weighted by molar-refractivity contribution is -0.155. The van der Waals surface area contributed by atoms with Crippen molar-refractivity contribution in [3.05, 3.63) is 69.7 Å². The highest BCUT2D eigenvalue weighted by Crippen LogP contribution is 2.68. The number of benzene rings is 2. The van der Waals surface area contributed by atoms with E-state index < -0.39 is 64.6 Å². The summed E-state index contributed by atoms with van der Waals surface area (Å²) in [7, 11) is 0. The quantitative estimate of drug-likeness (QED) is 0.400. The van der Waals surface area contributed by atoms with Crippen LogP contribution in [0.2, 0.25) is 10.0 Å². The normalized spacial score (nSPS) is 31.3. The minimum atomic E-state index is -1.46. The predicted octanol–water partition coefficient (Wildman–Crippen LogP) is 4.43. The van der Waals surface area contributed by atoms with Crippen LogP contribution in [0.15, 0.2) is 59.7 Å². The lowest BCUT2D eigenvalue weighted by Gasteiger charge is -2.55. The first-order chi connectivity index (χ1) is 18.5. The zero-order valence-electron chi connectivity index (χ0n) is 21.3. The van der Waals surface area contributed by atoms with Gasteiger partial charge < -0.3 is 4.74 Å². The lowest BCUT2D eigenvalue weighted by atomic mass is 9.43. The van der Waals surface area contributed by atoms with Crippen molar-refractivity contribution in [1.29, 1.82) is 0 Å². The monoisotopic (exact) mass is 566 g/mol. The van der Waals surface area contributed by atoms with Gasteiger partial charge in [-0.3, -0.25) is 29.0 Å². The highest BCUT2D eigenvalue weighted by Gasteiger charge is 2.77.